The average molecular weight is 265 g/mol. The molecule has 2 aromatic carbocycles. The molecular weight excluding hydrogens is 251 g/mol. The van der Waals surface area contributed by atoms with Crippen LogP contribution in [0.4, 0.5) is 13.2 Å². The van der Waals surface area contributed by atoms with Crippen LogP contribution in [0.1, 0.15) is 16.7 Å². The van der Waals surface area contributed by atoms with Crippen molar-refractivity contribution in [2.75, 3.05) is 0 Å². The minimum Gasteiger partial charge on any atom is -0.309 e. The van der Waals surface area contributed by atoms with Crippen LogP contribution in [0.25, 0.3) is 0 Å². The standard InChI is InChI=1S/C15H14F3N/c1-10-6-11(2-5-14(10)17)8-19-9-12-3-4-13(16)7-15(12)18/h2-7,19H,8-9H2,1H3. The molecule has 4 heteroatoms. The molecule has 19 heavy (non-hydrogen) atoms. The predicted molar refractivity (Wildman–Crippen MR) is 68.0 cm³/mol. The first kappa shape index (κ1) is 13.6. The fourth-order valence-corrected chi connectivity index (χ4v) is 1.82. The second-order valence-electron chi connectivity index (χ2n) is 4.42. The van der Waals surface area contributed by atoms with Crippen molar-refractivity contribution < 1.29 is 13.2 Å². The molecule has 0 aliphatic rings. The molecule has 0 aromatic heterocycles. The van der Waals surface area contributed by atoms with E-state index in [2.05, 4.69) is 5.32 Å². The SMILES string of the molecule is Cc1cc(CNCc2ccc(F)cc2F)ccc1F. The first-order chi connectivity index (χ1) is 9.06. The highest BCUT2D eigenvalue weighted by Crippen LogP contribution is 2.11. The summed E-state index contributed by atoms with van der Waals surface area (Å²) in [4.78, 5) is 0. The van der Waals surface area contributed by atoms with E-state index in [4.69, 9.17) is 0 Å². The Hall–Kier alpha value is -1.81. The summed E-state index contributed by atoms with van der Waals surface area (Å²) in [6.45, 7) is 2.49. The van der Waals surface area contributed by atoms with Gasteiger partial charge in [-0.1, -0.05) is 18.2 Å². The number of aryl methyl sites for hydroxylation is 1. The Morgan fingerprint density at radius 1 is 0.895 bits per heavy atom. The molecule has 0 heterocycles. The summed E-state index contributed by atoms with van der Waals surface area (Å²) in [5.74, 6) is -1.40. The average Bonchev–Trinajstić information content (AvgIpc) is 2.36. The van der Waals surface area contributed by atoms with E-state index < -0.39 is 11.6 Å². The van der Waals surface area contributed by atoms with Crippen molar-refractivity contribution in [1.82, 2.24) is 5.32 Å². The third kappa shape index (κ3) is 3.58. The first-order valence-electron chi connectivity index (χ1n) is 5.96. The van der Waals surface area contributed by atoms with Gasteiger partial charge in [-0.3, -0.25) is 0 Å². The van der Waals surface area contributed by atoms with Gasteiger partial charge in [0, 0.05) is 24.7 Å². The lowest BCUT2D eigenvalue weighted by Gasteiger charge is -2.07. The smallest absolute Gasteiger partial charge is 0.130 e. The van der Waals surface area contributed by atoms with E-state index in [0.29, 0.717) is 24.2 Å². The molecule has 100 valence electrons. The van der Waals surface area contributed by atoms with Crippen LogP contribution in [0.15, 0.2) is 36.4 Å². The number of nitrogens with one attached hydrogen (secondary N) is 1. The lowest BCUT2D eigenvalue weighted by atomic mass is 10.1. The summed E-state index contributed by atoms with van der Waals surface area (Å²) < 4.78 is 39.2. The van der Waals surface area contributed by atoms with Crippen molar-refractivity contribution in [3.8, 4) is 0 Å². The largest absolute Gasteiger partial charge is 0.309 e. The zero-order valence-corrected chi connectivity index (χ0v) is 10.5. The third-order valence-electron chi connectivity index (χ3n) is 2.88. The molecule has 2 aromatic rings. The van der Waals surface area contributed by atoms with Crippen LogP contribution in [-0.2, 0) is 13.1 Å². The van der Waals surface area contributed by atoms with Gasteiger partial charge in [0.1, 0.15) is 17.5 Å². The van der Waals surface area contributed by atoms with Gasteiger partial charge in [0.25, 0.3) is 0 Å². The molecule has 0 amide bonds. The van der Waals surface area contributed by atoms with E-state index in [9.17, 15) is 13.2 Å². The van der Waals surface area contributed by atoms with Crippen molar-refractivity contribution in [3.63, 3.8) is 0 Å². The van der Waals surface area contributed by atoms with E-state index in [0.717, 1.165) is 11.6 Å². The molecule has 0 aliphatic carbocycles. The molecular formula is C15H14F3N. The van der Waals surface area contributed by atoms with Gasteiger partial charge in [0.05, 0.1) is 0 Å². The first-order valence-corrected chi connectivity index (χ1v) is 5.96. The molecule has 0 radical (unpaired) electrons. The van der Waals surface area contributed by atoms with E-state index >= 15 is 0 Å². The van der Waals surface area contributed by atoms with E-state index in [-0.39, 0.29) is 5.82 Å². The highest BCUT2D eigenvalue weighted by atomic mass is 19.1. The summed E-state index contributed by atoms with van der Waals surface area (Å²) in [5.41, 5.74) is 1.90. The Balaban J connectivity index is 1.94. The third-order valence-corrected chi connectivity index (χ3v) is 2.88. The minimum atomic E-state index is -0.588. The van der Waals surface area contributed by atoms with Gasteiger partial charge in [0.2, 0.25) is 0 Å². The lowest BCUT2D eigenvalue weighted by molar-refractivity contribution is 0.560. The molecule has 0 unspecified atom stereocenters. The van der Waals surface area contributed by atoms with Gasteiger partial charge in [0.15, 0.2) is 0 Å². The molecule has 0 bridgehead atoms. The van der Waals surface area contributed by atoms with Crippen LogP contribution in [0.2, 0.25) is 0 Å². The van der Waals surface area contributed by atoms with Crippen molar-refractivity contribution >= 4 is 0 Å². The van der Waals surface area contributed by atoms with Gasteiger partial charge < -0.3 is 5.32 Å². The van der Waals surface area contributed by atoms with E-state index in [1.54, 1.807) is 19.1 Å². The summed E-state index contributed by atoms with van der Waals surface area (Å²) in [6, 6.07) is 8.32. The molecule has 1 nitrogen and oxygen atoms in total. The van der Waals surface area contributed by atoms with Crippen molar-refractivity contribution in [1.29, 1.82) is 0 Å². The summed E-state index contributed by atoms with van der Waals surface area (Å²) in [6.07, 6.45) is 0. The molecule has 0 fully saturated rings. The number of rotatable bonds is 4. The lowest BCUT2D eigenvalue weighted by Crippen LogP contribution is -2.14. The molecule has 2 rings (SSSR count). The second kappa shape index (κ2) is 5.89. The molecule has 0 atom stereocenters. The number of hydrogen-bond donors (Lipinski definition) is 1. The van der Waals surface area contributed by atoms with Gasteiger partial charge in [-0.2, -0.15) is 0 Å². The molecule has 1 N–H and O–H groups in total. The Morgan fingerprint density at radius 2 is 1.68 bits per heavy atom. The summed E-state index contributed by atoms with van der Waals surface area (Å²) in [7, 11) is 0. The Bertz CT molecular complexity index is 582. The zero-order chi connectivity index (χ0) is 13.8. The monoisotopic (exact) mass is 265 g/mol. The summed E-state index contributed by atoms with van der Waals surface area (Å²) >= 11 is 0. The highest BCUT2D eigenvalue weighted by Gasteiger charge is 2.04. The fourth-order valence-electron chi connectivity index (χ4n) is 1.82. The normalized spacial score (nSPS) is 10.7. The molecule has 0 spiro atoms. The van der Waals surface area contributed by atoms with Crippen LogP contribution in [0, 0.1) is 24.4 Å². The van der Waals surface area contributed by atoms with Crippen molar-refractivity contribution in [3.05, 3.63) is 70.5 Å². The van der Waals surface area contributed by atoms with Crippen LogP contribution in [0.5, 0.6) is 0 Å². The topological polar surface area (TPSA) is 12.0 Å². The van der Waals surface area contributed by atoms with Crippen molar-refractivity contribution in [2.24, 2.45) is 0 Å². The Labute approximate surface area is 110 Å². The minimum absolute atomic E-state index is 0.242. The zero-order valence-electron chi connectivity index (χ0n) is 10.5. The maximum atomic E-state index is 13.4. The van der Waals surface area contributed by atoms with Gasteiger partial charge in [-0.15, -0.1) is 0 Å². The predicted octanol–water partition coefficient (Wildman–Crippen LogP) is 3.70. The second-order valence-corrected chi connectivity index (χ2v) is 4.42. The van der Waals surface area contributed by atoms with Crippen LogP contribution >= 0.6 is 0 Å². The summed E-state index contributed by atoms with van der Waals surface area (Å²) in [5, 5.41) is 3.04. The maximum Gasteiger partial charge on any atom is 0.130 e. The number of benzene rings is 2. The van der Waals surface area contributed by atoms with E-state index in [1.807, 2.05) is 0 Å². The number of hydrogen-bond acceptors (Lipinski definition) is 1. The van der Waals surface area contributed by atoms with Crippen LogP contribution < -0.4 is 5.32 Å². The van der Waals surface area contributed by atoms with Gasteiger partial charge in [-0.05, 0) is 30.2 Å². The van der Waals surface area contributed by atoms with Crippen LogP contribution in [-0.4, -0.2) is 0 Å². The Kier molecular flexibility index (Phi) is 4.22. The molecule has 0 aliphatic heterocycles. The van der Waals surface area contributed by atoms with Crippen molar-refractivity contribution in [2.45, 2.75) is 20.0 Å². The van der Waals surface area contributed by atoms with E-state index in [1.165, 1.54) is 18.2 Å². The van der Waals surface area contributed by atoms with Gasteiger partial charge in [-0.25, -0.2) is 13.2 Å². The molecule has 0 saturated carbocycles. The number of halogens is 3. The molecule has 0 saturated heterocycles. The highest BCUT2D eigenvalue weighted by molar-refractivity contribution is 5.24. The van der Waals surface area contributed by atoms with Gasteiger partial charge >= 0.3 is 0 Å². The van der Waals surface area contributed by atoms with Crippen LogP contribution in [0.3, 0.4) is 0 Å². The Morgan fingerprint density at radius 3 is 2.37 bits per heavy atom. The maximum absolute atomic E-state index is 13.4. The fraction of sp³-hybridized carbons (Fsp3) is 0.200. The quantitative estimate of drug-likeness (QED) is 0.888.